The van der Waals surface area contributed by atoms with Crippen LogP contribution in [-0.4, -0.2) is 48.4 Å². The van der Waals surface area contributed by atoms with Crippen molar-refractivity contribution in [2.24, 2.45) is 5.92 Å². The van der Waals surface area contributed by atoms with Crippen LogP contribution in [-0.2, 0) is 0 Å². The van der Waals surface area contributed by atoms with Gasteiger partial charge in [0.1, 0.15) is 0 Å². The van der Waals surface area contributed by atoms with Crippen molar-refractivity contribution in [2.45, 2.75) is 26.7 Å². The van der Waals surface area contributed by atoms with E-state index in [4.69, 9.17) is 0 Å². The third-order valence-electron chi connectivity index (χ3n) is 4.13. The van der Waals surface area contributed by atoms with Crippen LogP contribution < -0.4 is 0 Å². The highest BCUT2D eigenvalue weighted by atomic mass is 127. The van der Waals surface area contributed by atoms with E-state index in [0.717, 1.165) is 50.5 Å². The predicted octanol–water partition coefficient (Wildman–Crippen LogP) is 3.55. The zero-order valence-electron chi connectivity index (χ0n) is 12.3. The summed E-state index contributed by atoms with van der Waals surface area (Å²) in [6, 6.07) is 2.00. The quantitative estimate of drug-likeness (QED) is 0.699. The van der Waals surface area contributed by atoms with Crippen LogP contribution in [0.5, 0.6) is 0 Å². The molecule has 1 aliphatic heterocycles. The van der Waals surface area contributed by atoms with E-state index in [9.17, 15) is 4.79 Å². The molecule has 1 aromatic rings. The molecule has 0 aliphatic carbocycles. The average molecular weight is 406 g/mol. The highest BCUT2D eigenvalue weighted by Gasteiger charge is 2.24. The number of rotatable bonds is 5. The zero-order valence-corrected chi connectivity index (χ0v) is 15.2. The van der Waals surface area contributed by atoms with Crippen LogP contribution in [0.15, 0.2) is 11.4 Å². The lowest BCUT2D eigenvalue weighted by Gasteiger charge is -2.34. The van der Waals surface area contributed by atoms with Gasteiger partial charge in [0, 0.05) is 25.0 Å². The summed E-state index contributed by atoms with van der Waals surface area (Å²) in [5.74, 6) is 0.965. The van der Waals surface area contributed by atoms with E-state index >= 15 is 0 Å². The van der Waals surface area contributed by atoms with Gasteiger partial charge in [-0.05, 0) is 60.5 Å². The number of halogens is 1. The van der Waals surface area contributed by atoms with Crippen molar-refractivity contribution in [2.75, 3.05) is 32.7 Å². The Morgan fingerprint density at radius 1 is 1.40 bits per heavy atom. The number of piperidine rings is 1. The standard InChI is InChI=1S/C15H23IN2OS/c1-3-17(4-2)10-12-5-7-18(8-6-12)15(19)13-9-14(16)20-11-13/h9,11-12H,3-8,10H2,1-2H3. The molecule has 0 atom stereocenters. The van der Waals surface area contributed by atoms with E-state index in [1.807, 2.05) is 16.3 Å². The number of likely N-dealkylation sites (tertiary alicyclic amines) is 1. The monoisotopic (exact) mass is 406 g/mol. The summed E-state index contributed by atoms with van der Waals surface area (Å²) in [7, 11) is 0. The van der Waals surface area contributed by atoms with Gasteiger partial charge < -0.3 is 9.80 Å². The first-order valence-electron chi connectivity index (χ1n) is 7.39. The molecule has 2 rings (SSSR count). The van der Waals surface area contributed by atoms with Gasteiger partial charge in [-0.1, -0.05) is 13.8 Å². The fraction of sp³-hybridized carbons (Fsp3) is 0.667. The van der Waals surface area contributed by atoms with Crippen molar-refractivity contribution < 1.29 is 4.79 Å². The van der Waals surface area contributed by atoms with Gasteiger partial charge in [0.05, 0.1) is 8.45 Å². The van der Waals surface area contributed by atoms with Crippen LogP contribution in [0, 0.1) is 8.80 Å². The minimum atomic E-state index is 0.213. The van der Waals surface area contributed by atoms with Crippen molar-refractivity contribution in [1.29, 1.82) is 0 Å². The molecule has 0 aromatic carbocycles. The van der Waals surface area contributed by atoms with Crippen LogP contribution in [0.4, 0.5) is 0 Å². The number of amides is 1. The average Bonchev–Trinajstić information content (AvgIpc) is 2.91. The van der Waals surface area contributed by atoms with E-state index < -0.39 is 0 Å². The summed E-state index contributed by atoms with van der Waals surface area (Å²) < 4.78 is 1.18. The number of nitrogens with zero attached hydrogens (tertiary/aromatic N) is 2. The maximum atomic E-state index is 12.4. The fourth-order valence-electron chi connectivity index (χ4n) is 2.77. The summed E-state index contributed by atoms with van der Waals surface area (Å²) in [5, 5.41) is 1.98. The van der Waals surface area contributed by atoms with E-state index in [1.165, 1.54) is 9.43 Å². The smallest absolute Gasteiger partial charge is 0.254 e. The summed E-state index contributed by atoms with van der Waals surface area (Å²) in [4.78, 5) is 16.9. The third kappa shape index (κ3) is 4.18. The van der Waals surface area contributed by atoms with Crippen molar-refractivity contribution in [3.8, 4) is 0 Å². The molecule has 5 heteroatoms. The minimum absolute atomic E-state index is 0.213. The van der Waals surface area contributed by atoms with Gasteiger partial charge in [0.25, 0.3) is 5.91 Å². The zero-order chi connectivity index (χ0) is 14.5. The molecular weight excluding hydrogens is 383 g/mol. The van der Waals surface area contributed by atoms with Gasteiger partial charge in [0.2, 0.25) is 0 Å². The Morgan fingerprint density at radius 2 is 2.05 bits per heavy atom. The summed E-state index contributed by atoms with van der Waals surface area (Å²) in [5.41, 5.74) is 0.863. The van der Waals surface area contributed by atoms with Gasteiger partial charge in [-0.3, -0.25) is 4.79 Å². The van der Waals surface area contributed by atoms with Crippen LogP contribution in [0.1, 0.15) is 37.0 Å². The Kier molecular flexibility index (Phi) is 6.29. The van der Waals surface area contributed by atoms with Crippen LogP contribution in [0.2, 0.25) is 0 Å². The number of thiophene rings is 1. The molecule has 0 unspecified atom stereocenters. The van der Waals surface area contributed by atoms with Gasteiger partial charge in [0.15, 0.2) is 0 Å². The van der Waals surface area contributed by atoms with Crippen LogP contribution in [0.25, 0.3) is 0 Å². The number of hydrogen-bond acceptors (Lipinski definition) is 3. The molecule has 3 nitrogen and oxygen atoms in total. The molecule has 0 saturated carbocycles. The molecule has 112 valence electrons. The van der Waals surface area contributed by atoms with Crippen molar-refractivity contribution in [1.82, 2.24) is 9.80 Å². The summed E-state index contributed by atoms with van der Waals surface area (Å²) in [6.45, 7) is 9.71. The molecular formula is C15H23IN2OS. The topological polar surface area (TPSA) is 23.6 Å². The molecule has 0 spiro atoms. The molecule has 0 N–H and O–H groups in total. The molecule has 0 radical (unpaired) electrons. The molecule has 1 aromatic heterocycles. The Morgan fingerprint density at radius 3 is 2.55 bits per heavy atom. The first-order chi connectivity index (χ1) is 9.63. The second-order valence-electron chi connectivity index (χ2n) is 5.36. The van der Waals surface area contributed by atoms with Crippen LogP contribution in [0.3, 0.4) is 0 Å². The largest absolute Gasteiger partial charge is 0.339 e. The van der Waals surface area contributed by atoms with Gasteiger partial charge >= 0.3 is 0 Å². The van der Waals surface area contributed by atoms with E-state index in [-0.39, 0.29) is 5.91 Å². The molecule has 1 saturated heterocycles. The number of carbonyl (C=O) groups excluding carboxylic acids is 1. The van der Waals surface area contributed by atoms with Crippen LogP contribution >= 0.6 is 33.9 Å². The predicted molar refractivity (Wildman–Crippen MR) is 93.5 cm³/mol. The lowest BCUT2D eigenvalue weighted by Crippen LogP contribution is -2.41. The van der Waals surface area contributed by atoms with E-state index in [0.29, 0.717) is 0 Å². The molecule has 1 amide bonds. The normalized spacial score (nSPS) is 16.9. The summed E-state index contributed by atoms with van der Waals surface area (Å²) >= 11 is 3.92. The van der Waals surface area contributed by atoms with Crippen molar-refractivity contribution in [3.05, 3.63) is 19.9 Å². The SMILES string of the molecule is CCN(CC)CC1CCN(C(=O)c2csc(I)c2)CC1. The molecule has 0 bridgehead atoms. The molecule has 20 heavy (non-hydrogen) atoms. The Balaban J connectivity index is 1.83. The Labute approximate surface area is 139 Å². The van der Waals surface area contributed by atoms with E-state index in [2.05, 4.69) is 41.3 Å². The highest BCUT2D eigenvalue weighted by molar-refractivity contribution is 14.1. The summed E-state index contributed by atoms with van der Waals surface area (Å²) in [6.07, 6.45) is 2.28. The third-order valence-corrected chi connectivity index (χ3v) is 5.92. The Hall–Kier alpha value is -0.140. The minimum Gasteiger partial charge on any atom is -0.339 e. The molecule has 1 aliphatic rings. The lowest BCUT2D eigenvalue weighted by molar-refractivity contribution is 0.0670. The second kappa shape index (κ2) is 7.75. The molecule has 1 fully saturated rings. The van der Waals surface area contributed by atoms with Gasteiger partial charge in [-0.25, -0.2) is 0 Å². The highest BCUT2D eigenvalue weighted by Crippen LogP contribution is 2.22. The second-order valence-corrected chi connectivity index (χ2v) is 8.17. The molecule has 2 heterocycles. The Bertz CT molecular complexity index is 437. The van der Waals surface area contributed by atoms with Gasteiger partial charge in [-0.2, -0.15) is 0 Å². The lowest BCUT2D eigenvalue weighted by atomic mass is 9.96. The number of carbonyl (C=O) groups is 1. The number of hydrogen-bond donors (Lipinski definition) is 0. The maximum Gasteiger partial charge on any atom is 0.254 e. The fourth-order valence-corrected chi connectivity index (χ4v) is 4.09. The first kappa shape index (κ1) is 16.2. The maximum absolute atomic E-state index is 12.4. The van der Waals surface area contributed by atoms with E-state index in [1.54, 1.807) is 11.3 Å². The van der Waals surface area contributed by atoms with Gasteiger partial charge in [-0.15, -0.1) is 11.3 Å². The van der Waals surface area contributed by atoms with Crippen molar-refractivity contribution in [3.63, 3.8) is 0 Å². The first-order valence-corrected chi connectivity index (χ1v) is 9.35. The van der Waals surface area contributed by atoms with Crippen molar-refractivity contribution >= 4 is 39.8 Å².